The highest BCUT2D eigenvalue weighted by atomic mass is 127. The Bertz CT molecular complexity index is 753. The van der Waals surface area contributed by atoms with Crippen molar-refractivity contribution in [2.45, 2.75) is 19.9 Å². The van der Waals surface area contributed by atoms with Crippen LogP contribution in [-0.4, -0.2) is 46.9 Å². The average molecular weight is 512 g/mol. The zero-order valence-electron chi connectivity index (χ0n) is 17.8. The van der Waals surface area contributed by atoms with Gasteiger partial charge in [0, 0.05) is 58.2 Å². The molecule has 0 saturated heterocycles. The van der Waals surface area contributed by atoms with Crippen molar-refractivity contribution in [2.75, 3.05) is 51.2 Å². The van der Waals surface area contributed by atoms with Crippen LogP contribution in [0.2, 0.25) is 0 Å². The molecule has 2 N–H and O–H groups in total. The highest BCUT2D eigenvalue weighted by Gasteiger charge is 2.03. The molecule has 29 heavy (non-hydrogen) atoms. The number of guanidine groups is 1. The lowest BCUT2D eigenvalue weighted by Gasteiger charge is -2.14. The van der Waals surface area contributed by atoms with Crippen LogP contribution in [-0.2, 0) is 11.3 Å². The van der Waals surface area contributed by atoms with Gasteiger partial charge in [-0.05, 0) is 36.8 Å². The second-order valence-corrected chi connectivity index (χ2v) is 6.61. The first kappa shape index (κ1) is 25.0. The van der Waals surface area contributed by atoms with Crippen LogP contribution in [0.15, 0.2) is 53.5 Å². The first-order chi connectivity index (χ1) is 13.6. The van der Waals surface area contributed by atoms with Crippen LogP contribution in [0, 0.1) is 0 Å². The van der Waals surface area contributed by atoms with E-state index in [2.05, 4.69) is 46.7 Å². The number of anilines is 2. The molecule has 0 aromatic heterocycles. The van der Waals surface area contributed by atoms with Gasteiger partial charge in [-0.1, -0.05) is 18.2 Å². The van der Waals surface area contributed by atoms with Gasteiger partial charge in [0.25, 0.3) is 0 Å². The summed E-state index contributed by atoms with van der Waals surface area (Å²) in [7, 11) is 5.78. The predicted octanol–water partition coefficient (Wildman–Crippen LogP) is 4.36. The zero-order valence-corrected chi connectivity index (χ0v) is 20.1. The number of nitrogens with one attached hydrogen (secondary N) is 2. The fourth-order valence-corrected chi connectivity index (χ4v) is 2.60. The lowest BCUT2D eigenvalue weighted by Crippen LogP contribution is -2.30. The van der Waals surface area contributed by atoms with Gasteiger partial charge >= 0.3 is 0 Å². The van der Waals surface area contributed by atoms with Crippen molar-refractivity contribution in [2.24, 2.45) is 4.99 Å². The molecule has 0 atom stereocenters. The quantitative estimate of drug-likeness (QED) is 0.215. The molecule has 0 saturated carbocycles. The van der Waals surface area contributed by atoms with E-state index < -0.39 is 0 Å². The van der Waals surface area contributed by atoms with Crippen LogP contribution in [0.25, 0.3) is 0 Å². The second kappa shape index (κ2) is 14.1. The number of aliphatic imine (C=N–C) groups is 1. The molecular formula is C22H33IN4O2. The molecule has 0 heterocycles. The van der Waals surface area contributed by atoms with E-state index in [0.29, 0.717) is 19.8 Å². The van der Waals surface area contributed by atoms with E-state index in [1.54, 1.807) is 7.11 Å². The molecule has 160 valence electrons. The minimum absolute atomic E-state index is 0. The minimum atomic E-state index is 0. The molecule has 0 aliphatic heterocycles. The lowest BCUT2D eigenvalue weighted by molar-refractivity contribution is 0.172. The van der Waals surface area contributed by atoms with Crippen LogP contribution in [0.1, 0.15) is 18.9 Å². The van der Waals surface area contributed by atoms with Crippen LogP contribution in [0.5, 0.6) is 5.75 Å². The van der Waals surface area contributed by atoms with Crippen molar-refractivity contribution in [3.8, 4) is 5.75 Å². The van der Waals surface area contributed by atoms with Gasteiger partial charge < -0.3 is 25.0 Å². The third-order valence-electron chi connectivity index (χ3n) is 4.05. The van der Waals surface area contributed by atoms with Gasteiger partial charge in [-0.15, -0.1) is 24.0 Å². The van der Waals surface area contributed by atoms with Crippen molar-refractivity contribution in [3.63, 3.8) is 0 Å². The number of nitrogens with zero attached hydrogens (tertiary/aromatic N) is 2. The fraction of sp³-hybridized carbons (Fsp3) is 0.409. The van der Waals surface area contributed by atoms with Gasteiger partial charge in [0.15, 0.2) is 5.96 Å². The number of rotatable bonds is 10. The minimum Gasteiger partial charge on any atom is -0.493 e. The molecule has 0 spiro atoms. The topological polar surface area (TPSA) is 58.1 Å². The van der Waals surface area contributed by atoms with E-state index >= 15 is 0 Å². The van der Waals surface area contributed by atoms with Gasteiger partial charge in [-0.3, -0.25) is 0 Å². The molecule has 0 fully saturated rings. The van der Waals surface area contributed by atoms with Crippen LogP contribution >= 0.6 is 24.0 Å². The average Bonchev–Trinajstić information content (AvgIpc) is 2.70. The molecule has 2 aromatic rings. The van der Waals surface area contributed by atoms with E-state index in [4.69, 9.17) is 14.5 Å². The Kier molecular flexibility index (Phi) is 12.1. The Balaban J connectivity index is 0.00000420. The van der Waals surface area contributed by atoms with E-state index in [1.807, 2.05) is 38.4 Å². The van der Waals surface area contributed by atoms with Crippen LogP contribution in [0.4, 0.5) is 11.4 Å². The van der Waals surface area contributed by atoms with E-state index in [-0.39, 0.29) is 24.0 Å². The van der Waals surface area contributed by atoms with Crippen molar-refractivity contribution in [3.05, 3.63) is 54.1 Å². The Morgan fingerprint density at radius 1 is 1.07 bits per heavy atom. The molecule has 2 rings (SSSR count). The van der Waals surface area contributed by atoms with Gasteiger partial charge in [-0.25, -0.2) is 4.99 Å². The summed E-state index contributed by atoms with van der Waals surface area (Å²) in [6, 6.07) is 16.3. The van der Waals surface area contributed by atoms with E-state index in [0.717, 1.165) is 30.4 Å². The number of hydrogen-bond acceptors (Lipinski definition) is 4. The highest BCUT2D eigenvalue weighted by molar-refractivity contribution is 14.0. The summed E-state index contributed by atoms with van der Waals surface area (Å²) in [5.74, 6) is 1.57. The molecule has 0 radical (unpaired) electrons. The Morgan fingerprint density at radius 3 is 2.59 bits per heavy atom. The standard InChI is InChI=1S/C22H32N4O2.HI/c1-5-23-22(24-17-18-9-6-11-20(15-18)26(2)3)25-19-10-7-12-21(16-19)28-14-8-13-27-4;/h6-7,9-12,15-16H,5,8,13-14,17H2,1-4H3,(H2,23,24,25);1H. The molecule has 7 heteroatoms. The Hall–Kier alpha value is -2.00. The van der Waals surface area contributed by atoms with Crippen LogP contribution < -0.4 is 20.3 Å². The van der Waals surface area contributed by atoms with Gasteiger partial charge in [0.1, 0.15) is 5.75 Å². The first-order valence-electron chi connectivity index (χ1n) is 9.65. The number of halogens is 1. The maximum Gasteiger partial charge on any atom is 0.196 e. The lowest BCUT2D eigenvalue weighted by atomic mass is 10.2. The summed E-state index contributed by atoms with van der Waals surface area (Å²) in [5, 5.41) is 6.64. The highest BCUT2D eigenvalue weighted by Crippen LogP contribution is 2.18. The summed E-state index contributed by atoms with van der Waals surface area (Å²) in [4.78, 5) is 6.81. The molecule has 0 amide bonds. The normalized spacial score (nSPS) is 10.8. The number of ether oxygens (including phenoxy) is 2. The first-order valence-corrected chi connectivity index (χ1v) is 9.65. The third kappa shape index (κ3) is 9.36. The van der Waals surface area contributed by atoms with Crippen molar-refractivity contribution in [1.82, 2.24) is 5.32 Å². The van der Waals surface area contributed by atoms with Gasteiger partial charge in [0.2, 0.25) is 0 Å². The number of hydrogen-bond donors (Lipinski definition) is 2. The molecule has 6 nitrogen and oxygen atoms in total. The second-order valence-electron chi connectivity index (χ2n) is 6.61. The molecule has 0 unspecified atom stereocenters. The molecule has 2 aromatic carbocycles. The fourth-order valence-electron chi connectivity index (χ4n) is 2.60. The molecule has 0 bridgehead atoms. The van der Waals surface area contributed by atoms with E-state index in [9.17, 15) is 0 Å². The van der Waals surface area contributed by atoms with Crippen molar-refractivity contribution in [1.29, 1.82) is 0 Å². The molecule has 0 aliphatic carbocycles. The van der Waals surface area contributed by atoms with E-state index in [1.165, 1.54) is 11.3 Å². The zero-order chi connectivity index (χ0) is 20.2. The summed E-state index contributed by atoms with van der Waals surface area (Å²) in [5.41, 5.74) is 3.27. The maximum atomic E-state index is 5.77. The summed E-state index contributed by atoms with van der Waals surface area (Å²) >= 11 is 0. The van der Waals surface area contributed by atoms with Crippen molar-refractivity contribution >= 4 is 41.3 Å². The third-order valence-corrected chi connectivity index (χ3v) is 4.05. The summed E-state index contributed by atoms with van der Waals surface area (Å²) < 4.78 is 10.8. The van der Waals surface area contributed by atoms with Crippen molar-refractivity contribution < 1.29 is 9.47 Å². The Morgan fingerprint density at radius 2 is 1.86 bits per heavy atom. The molecular weight excluding hydrogens is 479 g/mol. The maximum absolute atomic E-state index is 5.77. The van der Waals surface area contributed by atoms with Crippen LogP contribution in [0.3, 0.4) is 0 Å². The summed E-state index contributed by atoms with van der Waals surface area (Å²) in [6.07, 6.45) is 0.865. The van der Waals surface area contributed by atoms with Gasteiger partial charge in [-0.2, -0.15) is 0 Å². The number of benzene rings is 2. The number of methoxy groups -OCH3 is 1. The molecule has 0 aliphatic rings. The summed E-state index contributed by atoms with van der Waals surface area (Å²) in [6.45, 7) is 4.78. The Labute approximate surface area is 191 Å². The SMILES string of the molecule is CCNC(=NCc1cccc(N(C)C)c1)Nc1cccc(OCCCOC)c1.I. The smallest absolute Gasteiger partial charge is 0.196 e. The predicted molar refractivity (Wildman–Crippen MR) is 133 cm³/mol. The van der Waals surface area contributed by atoms with Gasteiger partial charge in [0.05, 0.1) is 13.2 Å². The largest absolute Gasteiger partial charge is 0.493 e. The monoisotopic (exact) mass is 512 g/mol.